The number of sulfonamides is 1. The van der Waals surface area contributed by atoms with Crippen molar-refractivity contribution in [1.82, 2.24) is 4.31 Å². The first-order chi connectivity index (χ1) is 10.1. The van der Waals surface area contributed by atoms with Crippen LogP contribution in [0.1, 0.15) is 26.2 Å². The third-order valence-corrected chi connectivity index (χ3v) is 6.43. The fourth-order valence-electron chi connectivity index (χ4n) is 2.47. The summed E-state index contributed by atoms with van der Waals surface area (Å²) in [7, 11) is -3.43. The smallest absolute Gasteiger partial charge is 0.243 e. The van der Waals surface area contributed by atoms with Gasteiger partial charge in [-0.3, -0.25) is 0 Å². The van der Waals surface area contributed by atoms with Crippen LogP contribution in [0.2, 0.25) is 0 Å². The maximum absolute atomic E-state index is 12.7. The Hall–Kier alpha value is -0.560. The van der Waals surface area contributed by atoms with Gasteiger partial charge in [-0.25, -0.2) is 8.42 Å². The zero-order valence-electron chi connectivity index (χ0n) is 12.6. The lowest BCUT2D eigenvalue weighted by Gasteiger charge is -2.28. The molecular formula is C15H23NO3S2. The van der Waals surface area contributed by atoms with Crippen molar-refractivity contribution in [1.29, 1.82) is 0 Å². The van der Waals surface area contributed by atoms with E-state index < -0.39 is 10.0 Å². The molecule has 1 aromatic rings. The van der Waals surface area contributed by atoms with E-state index in [9.17, 15) is 8.42 Å². The van der Waals surface area contributed by atoms with Gasteiger partial charge >= 0.3 is 0 Å². The van der Waals surface area contributed by atoms with Crippen molar-refractivity contribution in [2.75, 3.05) is 26.0 Å². The first kappa shape index (κ1) is 16.8. The lowest BCUT2D eigenvalue weighted by Crippen LogP contribution is -2.39. The van der Waals surface area contributed by atoms with Crippen LogP contribution in [0.3, 0.4) is 0 Å². The average Bonchev–Trinajstić information content (AvgIpc) is 2.53. The van der Waals surface area contributed by atoms with Gasteiger partial charge in [-0.1, -0.05) is 6.92 Å². The molecular weight excluding hydrogens is 306 g/mol. The lowest BCUT2D eigenvalue weighted by atomic mass is 10.1. The summed E-state index contributed by atoms with van der Waals surface area (Å²) >= 11 is 1.60. The minimum absolute atomic E-state index is 0.0268. The Balaban J connectivity index is 2.13. The minimum Gasteiger partial charge on any atom is -0.377 e. The molecule has 4 nitrogen and oxygen atoms in total. The van der Waals surface area contributed by atoms with E-state index in [0.717, 1.165) is 30.8 Å². The Bertz CT molecular complexity index is 537. The Morgan fingerprint density at radius 2 is 2.00 bits per heavy atom. The maximum Gasteiger partial charge on any atom is 0.243 e. The van der Waals surface area contributed by atoms with E-state index in [4.69, 9.17) is 4.74 Å². The molecule has 1 heterocycles. The van der Waals surface area contributed by atoms with Crippen LogP contribution in [-0.4, -0.2) is 44.8 Å². The molecule has 1 unspecified atom stereocenters. The van der Waals surface area contributed by atoms with Crippen LogP contribution in [0, 0.1) is 0 Å². The monoisotopic (exact) mass is 329 g/mol. The molecule has 1 aliphatic rings. The van der Waals surface area contributed by atoms with Gasteiger partial charge in [-0.15, -0.1) is 11.8 Å². The van der Waals surface area contributed by atoms with Gasteiger partial charge in [0, 0.05) is 24.6 Å². The first-order valence-corrected chi connectivity index (χ1v) is 10.00. The molecule has 0 spiro atoms. The molecule has 1 aliphatic heterocycles. The fraction of sp³-hybridized carbons (Fsp3) is 0.600. The summed E-state index contributed by atoms with van der Waals surface area (Å²) in [4.78, 5) is 1.42. The van der Waals surface area contributed by atoms with Crippen molar-refractivity contribution in [3.05, 3.63) is 24.3 Å². The molecule has 2 rings (SSSR count). The van der Waals surface area contributed by atoms with Gasteiger partial charge in [-0.2, -0.15) is 4.31 Å². The van der Waals surface area contributed by atoms with Crippen molar-refractivity contribution < 1.29 is 13.2 Å². The molecule has 118 valence electrons. The first-order valence-electron chi connectivity index (χ1n) is 7.33. The van der Waals surface area contributed by atoms with E-state index in [2.05, 4.69) is 0 Å². The lowest BCUT2D eigenvalue weighted by molar-refractivity contribution is 0.00670. The Labute approximate surface area is 131 Å². The maximum atomic E-state index is 12.7. The highest BCUT2D eigenvalue weighted by molar-refractivity contribution is 7.98. The third kappa shape index (κ3) is 4.22. The van der Waals surface area contributed by atoms with Crippen LogP contribution >= 0.6 is 11.8 Å². The largest absolute Gasteiger partial charge is 0.377 e. The van der Waals surface area contributed by atoms with Gasteiger partial charge < -0.3 is 4.74 Å². The molecule has 0 N–H and O–H groups in total. The topological polar surface area (TPSA) is 46.6 Å². The predicted octanol–water partition coefficient (Wildman–Crippen LogP) is 2.99. The van der Waals surface area contributed by atoms with E-state index in [1.165, 1.54) is 4.31 Å². The van der Waals surface area contributed by atoms with Crippen molar-refractivity contribution in [3.8, 4) is 0 Å². The Kier molecular flexibility index (Phi) is 6.10. The van der Waals surface area contributed by atoms with Gasteiger partial charge in [0.15, 0.2) is 0 Å². The second-order valence-corrected chi connectivity index (χ2v) is 7.94. The number of likely N-dealkylation sites (N-methyl/N-ethyl adjacent to an activating group) is 1. The summed E-state index contributed by atoms with van der Waals surface area (Å²) in [5.74, 6) is 0. The highest BCUT2D eigenvalue weighted by atomic mass is 32.2. The zero-order chi connectivity index (χ0) is 15.3. The molecule has 6 heteroatoms. The molecule has 0 radical (unpaired) electrons. The Morgan fingerprint density at radius 1 is 1.29 bits per heavy atom. The van der Waals surface area contributed by atoms with E-state index in [1.54, 1.807) is 23.9 Å². The number of benzene rings is 1. The van der Waals surface area contributed by atoms with E-state index >= 15 is 0 Å². The molecule has 0 saturated carbocycles. The summed E-state index contributed by atoms with van der Waals surface area (Å²) < 4.78 is 32.6. The van der Waals surface area contributed by atoms with Crippen molar-refractivity contribution in [2.24, 2.45) is 0 Å². The summed E-state index contributed by atoms with van der Waals surface area (Å²) in [6.07, 6.45) is 5.13. The number of thioether (sulfide) groups is 1. The Morgan fingerprint density at radius 3 is 2.52 bits per heavy atom. The van der Waals surface area contributed by atoms with Gasteiger partial charge in [0.1, 0.15) is 0 Å². The molecule has 1 atom stereocenters. The number of hydrogen-bond donors (Lipinski definition) is 0. The molecule has 0 bridgehead atoms. The normalized spacial score (nSPS) is 19.9. The van der Waals surface area contributed by atoms with Gasteiger partial charge in [0.05, 0.1) is 11.0 Å². The highest BCUT2D eigenvalue weighted by Crippen LogP contribution is 2.22. The van der Waals surface area contributed by atoms with Crippen molar-refractivity contribution in [2.45, 2.75) is 42.1 Å². The van der Waals surface area contributed by atoms with Gasteiger partial charge in [0.25, 0.3) is 0 Å². The van der Waals surface area contributed by atoms with E-state index in [0.29, 0.717) is 18.0 Å². The highest BCUT2D eigenvalue weighted by Gasteiger charge is 2.27. The molecule has 1 saturated heterocycles. The van der Waals surface area contributed by atoms with Crippen LogP contribution in [0.5, 0.6) is 0 Å². The summed E-state index contributed by atoms with van der Waals surface area (Å²) in [5.41, 5.74) is 0. The van der Waals surface area contributed by atoms with Crippen LogP contribution in [0.25, 0.3) is 0 Å². The quantitative estimate of drug-likeness (QED) is 0.753. The van der Waals surface area contributed by atoms with Crippen molar-refractivity contribution >= 4 is 21.8 Å². The van der Waals surface area contributed by atoms with Crippen molar-refractivity contribution in [3.63, 3.8) is 0 Å². The molecule has 0 aliphatic carbocycles. The fourth-order valence-corrected chi connectivity index (χ4v) is 4.36. The minimum atomic E-state index is -3.43. The summed E-state index contributed by atoms with van der Waals surface area (Å²) in [6.45, 7) is 3.52. The zero-order valence-corrected chi connectivity index (χ0v) is 14.3. The molecule has 0 amide bonds. The molecule has 1 aromatic carbocycles. The van der Waals surface area contributed by atoms with Crippen LogP contribution in [0.4, 0.5) is 0 Å². The average molecular weight is 329 g/mol. The second-order valence-electron chi connectivity index (χ2n) is 5.12. The number of hydrogen-bond acceptors (Lipinski definition) is 4. The van der Waals surface area contributed by atoms with Gasteiger partial charge in [-0.05, 0) is 49.8 Å². The van der Waals surface area contributed by atoms with Crippen LogP contribution in [-0.2, 0) is 14.8 Å². The van der Waals surface area contributed by atoms with E-state index in [-0.39, 0.29) is 6.10 Å². The molecule has 21 heavy (non-hydrogen) atoms. The van der Waals surface area contributed by atoms with Crippen LogP contribution in [0.15, 0.2) is 34.1 Å². The summed E-state index contributed by atoms with van der Waals surface area (Å²) in [6, 6.07) is 7.07. The van der Waals surface area contributed by atoms with Crippen LogP contribution < -0.4 is 0 Å². The van der Waals surface area contributed by atoms with E-state index in [1.807, 2.05) is 25.3 Å². The number of nitrogens with zero attached hydrogens (tertiary/aromatic N) is 1. The number of ether oxygens (including phenoxy) is 1. The SMILES string of the molecule is CCN(CC1CCCCO1)S(=O)(=O)c1ccc(SC)cc1. The molecule has 1 fully saturated rings. The number of rotatable bonds is 6. The second kappa shape index (κ2) is 7.63. The molecule has 0 aromatic heterocycles. The summed E-state index contributed by atoms with van der Waals surface area (Å²) in [5, 5.41) is 0. The third-order valence-electron chi connectivity index (χ3n) is 3.73. The standard InChI is InChI=1S/C15H23NO3S2/c1-3-16(12-13-6-4-5-11-19-13)21(17,18)15-9-7-14(20-2)8-10-15/h7-10,13H,3-6,11-12H2,1-2H3. The van der Waals surface area contributed by atoms with Gasteiger partial charge in [0.2, 0.25) is 10.0 Å². The predicted molar refractivity (Wildman–Crippen MR) is 86.2 cm³/mol.